The molecule has 0 N–H and O–H groups in total. The van der Waals surface area contributed by atoms with Crippen LogP contribution in [0.25, 0.3) is 0 Å². The number of rotatable bonds is 9. The number of hydrogen-bond donors (Lipinski definition) is 0. The quantitative estimate of drug-likeness (QED) is 0.505. The highest BCUT2D eigenvalue weighted by atomic mass is 31.2. The molecule has 0 heterocycles. The Hall–Kier alpha value is -1.36. The van der Waals surface area contributed by atoms with Crippen molar-refractivity contribution in [3.63, 3.8) is 0 Å². The first-order valence-corrected chi connectivity index (χ1v) is 8.85. The van der Waals surface area contributed by atoms with Crippen LogP contribution in [-0.4, -0.2) is 39.3 Å². The monoisotopic (exact) mass is 329 g/mol. The van der Waals surface area contributed by atoms with Crippen LogP contribution in [0.2, 0.25) is 0 Å². The molecule has 1 rings (SSSR count). The molecular weight excluding hydrogens is 305 g/mol. The van der Waals surface area contributed by atoms with Crippen molar-refractivity contribution in [2.45, 2.75) is 20.8 Å². The van der Waals surface area contributed by atoms with Gasteiger partial charge in [0.1, 0.15) is 0 Å². The second-order valence-corrected chi connectivity index (χ2v) is 6.55. The molecule has 0 unspecified atom stereocenters. The van der Waals surface area contributed by atoms with Gasteiger partial charge < -0.3 is 18.5 Å². The molecule has 22 heavy (non-hydrogen) atoms. The Morgan fingerprint density at radius 2 is 1.68 bits per heavy atom. The van der Waals surface area contributed by atoms with E-state index in [0.717, 1.165) is 0 Å². The van der Waals surface area contributed by atoms with Gasteiger partial charge in [-0.25, -0.2) is 0 Å². The summed E-state index contributed by atoms with van der Waals surface area (Å²) in [5, 5.41) is 0. The highest BCUT2D eigenvalue weighted by molar-refractivity contribution is 7.54. The van der Waals surface area contributed by atoms with E-state index in [1.807, 2.05) is 0 Å². The number of hydrogen-bond acceptors (Lipinski definition) is 6. The van der Waals surface area contributed by atoms with Crippen molar-refractivity contribution in [3.05, 3.63) is 18.2 Å². The first kappa shape index (κ1) is 18.7. The summed E-state index contributed by atoms with van der Waals surface area (Å²) in [6.45, 7) is 6.03. The minimum atomic E-state index is -3.13. The number of benzene rings is 1. The summed E-state index contributed by atoms with van der Waals surface area (Å²) in [5.41, 5.74) is 1.35. The fourth-order valence-electron chi connectivity index (χ4n) is 1.95. The van der Waals surface area contributed by atoms with E-state index in [0.29, 0.717) is 36.1 Å². The molecule has 0 bridgehead atoms. The summed E-state index contributed by atoms with van der Waals surface area (Å²) < 4.78 is 33.4. The van der Waals surface area contributed by atoms with Gasteiger partial charge in [-0.3, -0.25) is 9.56 Å². The third-order valence-corrected chi connectivity index (χ3v) is 4.91. The van der Waals surface area contributed by atoms with E-state index >= 15 is 0 Å². The van der Waals surface area contributed by atoms with Crippen LogP contribution in [-0.2, 0) is 13.6 Å². The van der Waals surface area contributed by atoms with Crippen LogP contribution in [0.3, 0.4) is 0 Å². The minimum Gasteiger partial charge on any atom is -0.493 e. The van der Waals surface area contributed by atoms with Gasteiger partial charge in [-0.1, -0.05) is 0 Å². The topological polar surface area (TPSA) is 66.4 Å². The molecule has 0 aliphatic carbocycles. The van der Waals surface area contributed by atoms with Gasteiger partial charge in [-0.05, 0) is 32.9 Å². The van der Waals surface area contributed by atoms with Gasteiger partial charge in [-0.15, -0.1) is 0 Å². The lowest BCUT2D eigenvalue weighted by atomic mass is 10.3. The van der Waals surface area contributed by atoms with Crippen LogP contribution in [0.5, 0.6) is 11.5 Å². The largest absolute Gasteiger partial charge is 0.493 e. The van der Waals surface area contributed by atoms with E-state index in [1.165, 1.54) is 0 Å². The first-order valence-electron chi connectivity index (χ1n) is 7.12. The van der Waals surface area contributed by atoms with Crippen LogP contribution >= 0.6 is 7.60 Å². The van der Waals surface area contributed by atoms with Gasteiger partial charge >= 0.3 is 7.60 Å². The molecule has 0 fully saturated rings. The zero-order valence-electron chi connectivity index (χ0n) is 13.8. The second kappa shape index (κ2) is 8.93. The van der Waals surface area contributed by atoms with Crippen molar-refractivity contribution in [2.75, 3.05) is 33.6 Å². The predicted molar refractivity (Wildman–Crippen MR) is 88.0 cm³/mol. The Balaban J connectivity index is 2.94. The van der Waals surface area contributed by atoms with Gasteiger partial charge in [0.15, 0.2) is 11.5 Å². The van der Waals surface area contributed by atoms with Crippen molar-refractivity contribution < 1.29 is 23.1 Å². The molecule has 0 saturated heterocycles. The molecule has 124 valence electrons. The smallest absolute Gasteiger partial charge is 0.336 e. The molecule has 0 saturated carbocycles. The normalized spacial score (nSPS) is 12.3. The molecule has 1 aromatic carbocycles. The summed E-state index contributed by atoms with van der Waals surface area (Å²) in [7, 11) is 0.00866. The van der Waals surface area contributed by atoms with Gasteiger partial charge in [0.05, 0.1) is 39.3 Å². The molecule has 0 aliphatic heterocycles. The minimum absolute atomic E-state index is 0.156. The Bertz CT molecular complexity index is 549. The Morgan fingerprint density at radius 3 is 2.18 bits per heavy atom. The fraction of sp³-hybridized carbons (Fsp3) is 0.533. The van der Waals surface area contributed by atoms with Gasteiger partial charge in [0.25, 0.3) is 0 Å². The Labute approximate surface area is 132 Å². The van der Waals surface area contributed by atoms with Gasteiger partial charge in [0.2, 0.25) is 0 Å². The van der Waals surface area contributed by atoms with E-state index in [1.54, 1.807) is 53.2 Å². The van der Waals surface area contributed by atoms with E-state index in [9.17, 15) is 4.57 Å². The van der Waals surface area contributed by atoms with Crippen LogP contribution < -0.4 is 9.47 Å². The lowest BCUT2D eigenvalue weighted by molar-refractivity contribution is 0.223. The van der Waals surface area contributed by atoms with Crippen LogP contribution in [0, 0.1) is 0 Å². The van der Waals surface area contributed by atoms with Crippen LogP contribution in [0.15, 0.2) is 23.2 Å². The number of methoxy groups -OCH3 is 2. The number of nitrogens with zero attached hydrogens (tertiary/aromatic N) is 1. The average molecular weight is 329 g/mol. The Morgan fingerprint density at radius 1 is 1.09 bits per heavy atom. The second-order valence-electron chi connectivity index (χ2n) is 4.49. The molecule has 1 aromatic rings. The fourth-order valence-corrected chi connectivity index (χ4v) is 3.63. The third kappa shape index (κ3) is 5.44. The summed E-state index contributed by atoms with van der Waals surface area (Å²) >= 11 is 0. The zero-order chi connectivity index (χ0) is 16.6. The van der Waals surface area contributed by atoms with Crippen molar-refractivity contribution >= 4 is 19.0 Å². The van der Waals surface area contributed by atoms with Crippen molar-refractivity contribution in [3.8, 4) is 11.5 Å². The molecule has 0 amide bonds. The SMILES string of the molecule is CCOP(=O)(CC(C)=Nc1ccc(OC)c(OC)c1)OCC. The summed E-state index contributed by atoms with van der Waals surface area (Å²) in [4.78, 5) is 4.44. The maximum absolute atomic E-state index is 12.5. The van der Waals surface area contributed by atoms with Gasteiger partial charge in [-0.2, -0.15) is 0 Å². The molecule has 0 aromatic heterocycles. The van der Waals surface area contributed by atoms with Crippen LogP contribution in [0.4, 0.5) is 5.69 Å². The number of aliphatic imine (C=N–C) groups is 1. The predicted octanol–water partition coefficient (Wildman–Crippen LogP) is 4.06. The first-order chi connectivity index (χ1) is 10.5. The van der Waals surface area contributed by atoms with E-state index in [2.05, 4.69) is 4.99 Å². The highest BCUT2D eigenvalue weighted by Gasteiger charge is 2.24. The van der Waals surface area contributed by atoms with Crippen molar-refractivity contribution in [1.29, 1.82) is 0 Å². The van der Waals surface area contributed by atoms with E-state index in [4.69, 9.17) is 18.5 Å². The lowest BCUT2D eigenvalue weighted by Gasteiger charge is -2.16. The summed E-state index contributed by atoms with van der Waals surface area (Å²) in [6.07, 6.45) is 0.156. The molecule has 0 aliphatic rings. The maximum Gasteiger partial charge on any atom is 0.336 e. The lowest BCUT2D eigenvalue weighted by Crippen LogP contribution is -2.06. The van der Waals surface area contributed by atoms with Gasteiger partial charge in [0, 0.05) is 11.8 Å². The zero-order valence-corrected chi connectivity index (χ0v) is 14.7. The van der Waals surface area contributed by atoms with E-state index in [-0.39, 0.29) is 6.16 Å². The molecule has 0 radical (unpaired) electrons. The Kier molecular flexibility index (Phi) is 7.59. The van der Waals surface area contributed by atoms with Crippen molar-refractivity contribution in [2.24, 2.45) is 4.99 Å². The number of ether oxygens (including phenoxy) is 2. The maximum atomic E-state index is 12.5. The van der Waals surface area contributed by atoms with E-state index < -0.39 is 7.60 Å². The molecule has 7 heteroatoms. The molecule has 0 atom stereocenters. The highest BCUT2D eigenvalue weighted by Crippen LogP contribution is 2.48. The summed E-state index contributed by atoms with van der Waals surface area (Å²) in [5.74, 6) is 1.22. The van der Waals surface area contributed by atoms with Crippen LogP contribution in [0.1, 0.15) is 20.8 Å². The molecule has 0 spiro atoms. The standard InChI is InChI=1S/C15H24NO5P/c1-6-20-22(17,21-7-2)11-12(3)16-13-8-9-14(18-4)15(10-13)19-5/h8-10H,6-7,11H2,1-5H3. The third-order valence-electron chi connectivity index (χ3n) is 2.76. The average Bonchev–Trinajstić information content (AvgIpc) is 2.47. The van der Waals surface area contributed by atoms with Crippen molar-refractivity contribution in [1.82, 2.24) is 0 Å². The summed E-state index contributed by atoms with van der Waals surface area (Å²) in [6, 6.07) is 5.33. The molecule has 6 nitrogen and oxygen atoms in total. The molecular formula is C15H24NO5P.